The van der Waals surface area contributed by atoms with Gasteiger partial charge in [-0.2, -0.15) is 5.26 Å². The van der Waals surface area contributed by atoms with E-state index in [4.69, 9.17) is 10.4 Å². The number of aliphatic carboxylic acids is 1. The highest BCUT2D eigenvalue weighted by atomic mass is 16.4. The lowest BCUT2D eigenvalue weighted by Gasteiger charge is -2.42. The third kappa shape index (κ3) is 6.85. The molecule has 1 amide bonds. The lowest BCUT2D eigenvalue weighted by molar-refractivity contribution is -0.138. The molecule has 2 unspecified atom stereocenters. The first-order valence-electron chi connectivity index (χ1n) is 13.1. The number of carboxylic acid groups (broad SMARTS) is 1. The second kappa shape index (κ2) is 12.7. The summed E-state index contributed by atoms with van der Waals surface area (Å²) in [6, 6.07) is 3.83. The molecule has 0 aliphatic carbocycles. The summed E-state index contributed by atoms with van der Waals surface area (Å²) < 4.78 is 1.60. The Hall–Kier alpha value is -3.48. The van der Waals surface area contributed by atoms with Crippen molar-refractivity contribution in [3.8, 4) is 6.07 Å². The van der Waals surface area contributed by atoms with Gasteiger partial charge in [-0.1, -0.05) is 40.0 Å². The molecule has 0 radical (unpaired) electrons. The first-order chi connectivity index (χ1) is 17.6. The Bertz CT molecular complexity index is 1160. The number of amides is 1. The van der Waals surface area contributed by atoms with E-state index in [1.807, 2.05) is 33.0 Å². The summed E-state index contributed by atoms with van der Waals surface area (Å²) in [5.41, 5.74) is 0.560. The molecule has 1 aliphatic rings. The summed E-state index contributed by atoms with van der Waals surface area (Å²) in [6.07, 6.45) is 7.43. The molecule has 10 heteroatoms. The molecule has 3 rings (SSSR count). The van der Waals surface area contributed by atoms with Crippen LogP contribution in [0, 0.1) is 29.1 Å². The normalized spacial score (nSPS) is 19.3. The van der Waals surface area contributed by atoms with Crippen LogP contribution in [0.2, 0.25) is 0 Å². The molecule has 4 atom stereocenters. The Balaban J connectivity index is 1.69. The number of aromatic nitrogens is 3. The van der Waals surface area contributed by atoms with Crippen molar-refractivity contribution >= 4 is 34.6 Å². The van der Waals surface area contributed by atoms with Crippen LogP contribution < -0.4 is 4.90 Å². The molecule has 0 aromatic carbocycles. The Morgan fingerprint density at radius 1 is 1.24 bits per heavy atom. The fourth-order valence-electron chi connectivity index (χ4n) is 5.22. The van der Waals surface area contributed by atoms with Crippen LogP contribution in [-0.2, 0) is 9.59 Å². The van der Waals surface area contributed by atoms with Gasteiger partial charge in [0.1, 0.15) is 18.6 Å². The highest BCUT2D eigenvalue weighted by molar-refractivity contribution is 5.96. The average molecular weight is 511 g/mol. The molecule has 0 saturated carbocycles. The lowest BCUT2D eigenvalue weighted by Crippen LogP contribution is -2.52. The summed E-state index contributed by atoms with van der Waals surface area (Å²) in [5, 5.41) is 18.6. The number of rotatable bonds is 11. The van der Waals surface area contributed by atoms with Crippen LogP contribution in [0.1, 0.15) is 70.5 Å². The quantitative estimate of drug-likeness (QED) is 0.449. The van der Waals surface area contributed by atoms with Crippen LogP contribution in [0.25, 0.3) is 11.0 Å². The minimum absolute atomic E-state index is 0.0241. The van der Waals surface area contributed by atoms with Crippen molar-refractivity contribution < 1.29 is 19.5 Å². The molecular weight excluding hydrogens is 472 g/mol. The lowest BCUT2D eigenvalue weighted by atomic mass is 9.92. The number of piperidine rings is 1. The van der Waals surface area contributed by atoms with Gasteiger partial charge in [0.25, 0.3) is 0 Å². The number of unbranched alkanes of at least 4 members (excludes halogenated alkanes) is 1. The number of nitriles is 1. The van der Waals surface area contributed by atoms with Gasteiger partial charge in [-0.15, -0.1) is 0 Å². The maximum absolute atomic E-state index is 13.2. The van der Waals surface area contributed by atoms with Gasteiger partial charge in [-0.3, -0.25) is 19.0 Å². The van der Waals surface area contributed by atoms with Crippen LogP contribution in [0.15, 0.2) is 18.6 Å². The standard InChI is InChI=1S/C27H38N6O4/c1-18(15-24(35)36)7-5-6-8-20(3)27(37)33-14-11-21-25(29-17-30-26(21)33)31(4)22-16-32(13-10-19(22)2)23(34)9-12-28/h11,14,17-20,22H,5-10,13,15-16H2,1-4H3,(H,35,36)/t18?,19-,20?,22+/m1/s1. The summed E-state index contributed by atoms with van der Waals surface area (Å²) >= 11 is 0. The number of likely N-dealkylation sites (N-methyl/N-ethyl adjacent to an activating group) is 1. The minimum atomic E-state index is -0.773. The van der Waals surface area contributed by atoms with Gasteiger partial charge in [0, 0.05) is 38.7 Å². The number of hydrogen-bond donors (Lipinski definition) is 1. The molecule has 0 spiro atoms. The van der Waals surface area contributed by atoms with Gasteiger partial charge in [0.15, 0.2) is 5.65 Å². The predicted molar refractivity (Wildman–Crippen MR) is 140 cm³/mol. The molecule has 3 heterocycles. The number of hydrogen-bond acceptors (Lipinski definition) is 7. The number of carbonyl (C=O) groups is 3. The van der Waals surface area contributed by atoms with Crippen molar-refractivity contribution in [2.45, 2.75) is 71.8 Å². The minimum Gasteiger partial charge on any atom is -0.481 e. The van der Waals surface area contributed by atoms with E-state index in [9.17, 15) is 14.4 Å². The predicted octanol–water partition coefficient (Wildman–Crippen LogP) is 3.97. The Morgan fingerprint density at radius 3 is 2.68 bits per heavy atom. The Morgan fingerprint density at radius 2 is 1.97 bits per heavy atom. The number of fused-ring (bicyclic) bond motifs is 1. The zero-order valence-corrected chi connectivity index (χ0v) is 22.3. The fraction of sp³-hybridized carbons (Fsp3) is 0.630. The van der Waals surface area contributed by atoms with E-state index in [2.05, 4.69) is 21.8 Å². The molecule has 1 saturated heterocycles. The molecular formula is C27H38N6O4. The van der Waals surface area contributed by atoms with Crippen LogP contribution in [-0.4, -0.2) is 68.5 Å². The molecule has 37 heavy (non-hydrogen) atoms. The average Bonchev–Trinajstić information content (AvgIpc) is 3.30. The maximum Gasteiger partial charge on any atom is 0.303 e. The van der Waals surface area contributed by atoms with E-state index < -0.39 is 5.97 Å². The van der Waals surface area contributed by atoms with Gasteiger partial charge in [-0.25, -0.2) is 9.97 Å². The molecule has 0 bridgehead atoms. The maximum atomic E-state index is 13.2. The third-order valence-electron chi connectivity index (χ3n) is 7.56. The first kappa shape index (κ1) is 28.1. The van der Waals surface area contributed by atoms with Crippen LogP contribution in [0.4, 0.5) is 5.82 Å². The fourth-order valence-corrected chi connectivity index (χ4v) is 5.22. The van der Waals surface area contributed by atoms with E-state index in [1.165, 1.54) is 6.33 Å². The smallest absolute Gasteiger partial charge is 0.303 e. The topological polar surface area (TPSA) is 132 Å². The van der Waals surface area contributed by atoms with Gasteiger partial charge in [-0.05, 0) is 30.7 Å². The summed E-state index contributed by atoms with van der Waals surface area (Å²) in [5.74, 6) is 0.0198. The van der Waals surface area contributed by atoms with Crippen LogP contribution >= 0.6 is 0 Å². The molecule has 2 aromatic heterocycles. The third-order valence-corrected chi connectivity index (χ3v) is 7.56. The zero-order chi connectivity index (χ0) is 27.1. The largest absolute Gasteiger partial charge is 0.481 e. The number of anilines is 1. The van der Waals surface area contributed by atoms with Crippen molar-refractivity contribution in [1.82, 2.24) is 19.4 Å². The molecule has 200 valence electrons. The first-order valence-corrected chi connectivity index (χ1v) is 13.1. The Kier molecular flexibility index (Phi) is 9.61. The number of carbonyl (C=O) groups excluding carboxylic acids is 2. The summed E-state index contributed by atoms with van der Waals surface area (Å²) in [6.45, 7) is 7.18. The van der Waals surface area contributed by atoms with Crippen molar-refractivity contribution in [2.24, 2.45) is 17.8 Å². The molecule has 2 aromatic rings. The monoisotopic (exact) mass is 510 g/mol. The van der Waals surface area contributed by atoms with Crippen molar-refractivity contribution in [1.29, 1.82) is 5.26 Å². The molecule has 1 N–H and O–H groups in total. The summed E-state index contributed by atoms with van der Waals surface area (Å²) in [4.78, 5) is 49.2. The van der Waals surface area contributed by atoms with Crippen LogP contribution in [0.3, 0.4) is 0 Å². The zero-order valence-electron chi connectivity index (χ0n) is 22.3. The summed E-state index contributed by atoms with van der Waals surface area (Å²) in [7, 11) is 1.95. The number of carboxylic acids is 1. The van der Waals surface area contributed by atoms with E-state index in [0.29, 0.717) is 30.5 Å². The molecule has 10 nitrogen and oxygen atoms in total. The highest BCUT2D eigenvalue weighted by Crippen LogP contribution is 2.30. The van der Waals surface area contributed by atoms with Gasteiger partial charge in [0.2, 0.25) is 11.8 Å². The molecule has 1 fully saturated rings. The van der Waals surface area contributed by atoms with E-state index in [0.717, 1.165) is 37.5 Å². The van der Waals surface area contributed by atoms with Crippen LogP contribution in [0.5, 0.6) is 0 Å². The second-order valence-electron chi connectivity index (χ2n) is 10.5. The number of likely N-dealkylation sites (tertiary alicyclic amines) is 1. The SMILES string of the molecule is CC(CCCCC(C)C(=O)n1ccc2c(N(C)[C@H]3CN(C(=O)CC#N)CC[C@H]3C)ncnc21)CC(=O)O. The van der Waals surface area contributed by atoms with Crippen molar-refractivity contribution in [3.63, 3.8) is 0 Å². The highest BCUT2D eigenvalue weighted by Gasteiger charge is 2.33. The molecule has 1 aliphatic heterocycles. The van der Waals surface area contributed by atoms with E-state index >= 15 is 0 Å². The van der Waals surface area contributed by atoms with Crippen molar-refractivity contribution in [3.05, 3.63) is 18.6 Å². The number of nitrogens with zero attached hydrogens (tertiary/aromatic N) is 6. The van der Waals surface area contributed by atoms with Gasteiger partial charge >= 0.3 is 5.97 Å². The van der Waals surface area contributed by atoms with E-state index in [-0.39, 0.29) is 42.5 Å². The second-order valence-corrected chi connectivity index (χ2v) is 10.5. The van der Waals surface area contributed by atoms with E-state index in [1.54, 1.807) is 15.7 Å². The van der Waals surface area contributed by atoms with Gasteiger partial charge < -0.3 is 14.9 Å². The van der Waals surface area contributed by atoms with Crippen molar-refractivity contribution in [2.75, 3.05) is 25.0 Å². The van der Waals surface area contributed by atoms with Gasteiger partial charge in [0.05, 0.1) is 17.5 Å². The Labute approximate surface area is 218 Å².